The first-order valence-electron chi connectivity index (χ1n) is 13.5. The Kier molecular flexibility index (Phi) is 6.70. The molecular formula is C28H37N5O2. The molecule has 0 spiro atoms. The largest absolute Gasteiger partial charge is 0.381 e. The molecule has 1 aromatic heterocycles. The summed E-state index contributed by atoms with van der Waals surface area (Å²) >= 11 is 0. The summed E-state index contributed by atoms with van der Waals surface area (Å²) < 4.78 is 5.52. The SMILES string of the molecule is O=C(c1ccc(-c2ccc(NC3C[C@@H]4CN(CC5CCOCC5)C[C@@H]4C3)nn2)cc1)N1CCCC1. The van der Waals surface area contributed by atoms with Gasteiger partial charge in [0, 0.05) is 63.1 Å². The summed E-state index contributed by atoms with van der Waals surface area (Å²) in [7, 11) is 0. The van der Waals surface area contributed by atoms with Crippen molar-refractivity contribution in [3.8, 4) is 11.3 Å². The van der Waals surface area contributed by atoms with E-state index in [2.05, 4.69) is 20.4 Å². The summed E-state index contributed by atoms with van der Waals surface area (Å²) in [6.07, 6.45) is 7.13. The van der Waals surface area contributed by atoms with Crippen LogP contribution in [0.3, 0.4) is 0 Å². The van der Waals surface area contributed by atoms with Gasteiger partial charge in [-0.3, -0.25) is 4.79 Å². The maximum Gasteiger partial charge on any atom is 0.253 e. The van der Waals surface area contributed by atoms with Crippen LogP contribution in [0.5, 0.6) is 0 Å². The molecule has 4 fully saturated rings. The van der Waals surface area contributed by atoms with E-state index in [4.69, 9.17) is 4.74 Å². The van der Waals surface area contributed by atoms with Crippen LogP contribution in [0.4, 0.5) is 5.82 Å². The fraction of sp³-hybridized carbons (Fsp3) is 0.607. The van der Waals surface area contributed by atoms with Gasteiger partial charge < -0.3 is 19.9 Å². The zero-order valence-electron chi connectivity index (χ0n) is 20.6. The highest BCUT2D eigenvalue weighted by molar-refractivity contribution is 5.94. The summed E-state index contributed by atoms with van der Waals surface area (Å²) in [6, 6.07) is 12.3. The molecule has 1 amide bonds. The number of nitrogens with zero attached hydrogens (tertiary/aromatic N) is 4. The van der Waals surface area contributed by atoms with Crippen molar-refractivity contribution in [2.75, 3.05) is 51.3 Å². The van der Waals surface area contributed by atoms with Gasteiger partial charge >= 0.3 is 0 Å². The number of benzene rings is 1. The smallest absolute Gasteiger partial charge is 0.253 e. The van der Waals surface area contributed by atoms with E-state index in [0.717, 1.165) is 79.5 Å². The first-order valence-corrected chi connectivity index (χ1v) is 13.5. The summed E-state index contributed by atoms with van der Waals surface area (Å²) in [6.45, 7) is 7.40. The second-order valence-corrected chi connectivity index (χ2v) is 11.0. The van der Waals surface area contributed by atoms with Gasteiger partial charge in [-0.25, -0.2) is 0 Å². The Morgan fingerprint density at radius 3 is 2.31 bits per heavy atom. The predicted octanol–water partition coefficient (Wildman–Crippen LogP) is 3.93. The second kappa shape index (κ2) is 10.2. The first-order chi connectivity index (χ1) is 17.2. The van der Waals surface area contributed by atoms with Crippen molar-refractivity contribution in [2.45, 2.75) is 44.6 Å². The van der Waals surface area contributed by atoms with E-state index in [1.54, 1.807) is 0 Å². The van der Waals surface area contributed by atoms with Crippen LogP contribution in [0.15, 0.2) is 36.4 Å². The van der Waals surface area contributed by atoms with Gasteiger partial charge in [0.25, 0.3) is 5.91 Å². The predicted molar refractivity (Wildman–Crippen MR) is 136 cm³/mol. The van der Waals surface area contributed by atoms with Gasteiger partial charge in [-0.2, -0.15) is 0 Å². The van der Waals surface area contributed by atoms with Gasteiger partial charge in [0.15, 0.2) is 0 Å². The van der Waals surface area contributed by atoms with Crippen molar-refractivity contribution < 1.29 is 9.53 Å². The normalized spacial score (nSPS) is 27.3. The number of rotatable bonds is 6. The molecule has 1 unspecified atom stereocenters. The van der Waals surface area contributed by atoms with Gasteiger partial charge in [0.05, 0.1) is 5.69 Å². The van der Waals surface area contributed by atoms with E-state index >= 15 is 0 Å². The molecule has 7 heteroatoms. The number of carbonyl (C=O) groups is 1. The van der Waals surface area contributed by atoms with Crippen molar-refractivity contribution in [2.24, 2.45) is 17.8 Å². The van der Waals surface area contributed by atoms with Crippen molar-refractivity contribution in [3.05, 3.63) is 42.0 Å². The third-order valence-corrected chi connectivity index (χ3v) is 8.52. The fourth-order valence-corrected chi connectivity index (χ4v) is 6.62. The third kappa shape index (κ3) is 5.21. The molecule has 35 heavy (non-hydrogen) atoms. The summed E-state index contributed by atoms with van der Waals surface area (Å²) in [5, 5.41) is 12.6. The van der Waals surface area contributed by atoms with Crippen LogP contribution in [0.2, 0.25) is 0 Å². The molecule has 0 radical (unpaired) electrons. The van der Waals surface area contributed by atoms with Gasteiger partial charge in [0.1, 0.15) is 5.82 Å². The summed E-state index contributed by atoms with van der Waals surface area (Å²) in [4.78, 5) is 17.2. The van der Waals surface area contributed by atoms with Crippen LogP contribution in [-0.2, 0) is 4.74 Å². The number of likely N-dealkylation sites (tertiary alicyclic amines) is 2. The number of amides is 1. The minimum Gasteiger partial charge on any atom is -0.381 e. The van der Waals surface area contributed by atoms with E-state index < -0.39 is 0 Å². The van der Waals surface area contributed by atoms with Crippen LogP contribution >= 0.6 is 0 Å². The van der Waals surface area contributed by atoms with Crippen LogP contribution in [0.25, 0.3) is 11.3 Å². The van der Waals surface area contributed by atoms with Crippen molar-refractivity contribution >= 4 is 11.7 Å². The first kappa shape index (κ1) is 22.9. The van der Waals surface area contributed by atoms with Crippen LogP contribution in [0.1, 0.15) is 48.9 Å². The Morgan fingerprint density at radius 1 is 0.943 bits per heavy atom. The molecule has 1 aliphatic carbocycles. The van der Waals surface area contributed by atoms with Gasteiger partial charge in [-0.05, 0) is 80.5 Å². The number of anilines is 1. The molecule has 4 aliphatic rings. The molecule has 4 heterocycles. The van der Waals surface area contributed by atoms with Crippen LogP contribution < -0.4 is 5.32 Å². The number of aromatic nitrogens is 2. The van der Waals surface area contributed by atoms with Gasteiger partial charge in [0.2, 0.25) is 0 Å². The number of nitrogens with one attached hydrogen (secondary N) is 1. The average molecular weight is 476 g/mol. The van der Waals surface area contributed by atoms with Crippen molar-refractivity contribution in [1.29, 1.82) is 0 Å². The number of ether oxygens (including phenoxy) is 1. The van der Waals surface area contributed by atoms with E-state index in [1.807, 2.05) is 41.3 Å². The van der Waals surface area contributed by atoms with E-state index in [9.17, 15) is 4.79 Å². The third-order valence-electron chi connectivity index (χ3n) is 8.52. The topological polar surface area (TPSA) is 70.6 Å². The van der Waals surface area contributed by atoms with Crippen LogP contribution in [-0.4, -0.2) is 77.9 Å². The zero-order chi connectivity index (χ0) is 23.6. The molecule has 0 bridgehead atoms. The summed E-state index contributed by atoms with van der Waals surface area (Å²) in [5.74, 6) is 3.43. The Morgan fingerprint density at radius 2 is 1.66 bits per heavy atom. The Balaban J connectivity index is 0.997. The number of fused-ring (bicyclic) bond motifs is 1. The Bertz CT molecular complexity index is 985. The molecule has 3 aliphatic heterocycles. The quantitative estimate of drug-likeness (QED) is 0.683. The highest BCUT2D eigenvalue weighted by Gasteiger charge is 2.41. The molecule has 3 saturated heterocycles. The Labute approximate surface area is 208 Å². The molecule has 3 atom stereocenters. The van der Waals surface area contributed by atoms with E-state index in [1.165, 1.54) is 45.3 Å². The van der Waals surface area contributed by atoms with Crippen LogP contribution in [0, 0.1) is 17.8 Å². The standard InChI is InChI=1S/C28H37N5O2/c34-28(33-11-1-2-12-33)22-5-3-21(4-6-22)26-7-8-27(31-30-26)29-25-15-23-18-32(19-24(23)16-25)17-20-9-13-35-14-10-20/h3-8,20,23-25H,1-2,9-19H2,(H,29,31)/t23-,24+,25?. The molecule has 7 nitrogen and oxygen atoms in total. The Hall–Kier alpha value is -2.51. The lowest BCUT2D eigenvalue weighted by molar-refractivity contribution is 0.0545. The molecule has 1 N–H and O–H groups in total. The second-order valence-electron chi connectivity index (χ2n) is 11.0. The van der Waals surface area contributed by atoms with E-state index in [0.29, 0.717) is 6.04 Å². The molecular weight excluding hydrogens is 438 g/mol. The fourth-order valence-electron chi connectivity index (χ4n) is 6.62. The molecule has 1 aromatic carbocycles. The minimum absolute atomic E-state index is 0.132. The lowest BCUT2D eigenvalue weighted by Crippen LogP contribution is -2.32. The lowest BCUT2D eigenvalue weighted by Gasteiger charge is -2.27. The molecule has 2 aromatic rings. The van der Waals surface area contributed by atoms with Crippen molar-refractivity contribution in [1.82, 2.24) is 20.0 Å². The summed E-state index contributed by atoms with van der Waals surface area (Å²) in [5.41, 5.74) is 2.57. The highest BCUT2D eigenvalue weighted by atomic mass is 16.5. The molecule has 6 rings (SSSR count). The maximum absolute atomic E-state index is 12.6. The van der Waals surface area contributed by atoms with Crippen molar-refractivity contribution in [3.63, 3.8) is 0 Å². The van der Waals surface area contributed by atoms with E-state index in [-0.39, 0.29) is 5.91 Å². The zero-order valence-corrected chi connectivity index (χ0v) is 20.6. The molecule has 1 saturated carbocycles. The lowest BCUT2D eigenvalue weighted by atomic mass is 10.00. The van der Waals surface area contributed by atoms with Gasteiger partial charge in [-0.1, -0.05) is 12.1 Å². The average Bonchev–Trinajstić information content (AvgIpc) is 3.63. The minimum atomic E-state index is 0.132. The number of carbonyl (C=O) groups excluding carboxylic acids is 1. The monoisotopic (exact) mass is 475 g/mol. The number of hydrogen-bond donors (Lipinski definition) is 1. The highest BCUT2D eigenvalue weighted by Crippen LogP contribution is 2.39. The maximum atomic E-state index is 12.6. The van der Waals surface area contributed by atoms with Gasteiger partial charge in [-0.15, -0.1) is 10.2 Å². The number of hydrogen-bond acceptors (Lipinski definition) is 6. The molecule has 186 valence electrons.